The zero-order valence-electron chi connectivity index (χ0n) is 13.7. The number of rotatable bonds is 5. The number of anilines is 1. The van der Waals surface area contributed by atoms with Crippen molar-refractivity contribution in [2.45, 2.75) is 0 Å². The third-order valence-corrected chi connectivity index (χ3v) is 3.73. The summed E-state index contributed by atoms with van der Waals surface area (Å²) in [5.41, 5.74) is 1.14. The lowest BCUT2D eigenvalue weighted by molar-refractivity contribution is -0.142. The van der Waals surface area contributed by atoms with E-state index in [-0.39, 0.29) is 10.8 Å². The van der Waals surface area contributed by atoms with Crippen LogP contribution in [0.4, 0.5) is 14.5 Å². The topological polar surface area (TPSA) is 72.7 Å². The number of hydrogen-bond donors (Lipinski definition) is 1. The smallest absolute Gasteiger partial charge is 0.331 e. The van der Waals surface area contributed by atoms with Gasteiger partial charge in [-0.1, -0.05) is 17.7 Å². The van der Waals surface area contributed by atoms with Gasteiger partial charge in [-0.15, -0.1) is 0 Å². The van der Waals surface area contributed by atoms with E-state index in [1.165, 1.54) is 12.1 Å². The Balaban J connectivity index is 1.57. The first kappa shape index (κ1) is 18.5. The molecule has 0 aliphatic heterocycles. The number of imidazole rings is 1. The molecule has 0 unspecified atom stereocenters. The number of aromatic nitrogens is 2. The monoisotopic (exact) mass is 391 g/mol. The van der Waals surface area contributed by atoms with E-state index >= 15 is 0 Å². The number of hydrogen-bond acceptors (Lipinski definition) is 4. The van der Waals surface area contributed by atoms with E-state index in [1.54, 1.807) is 28.8 Å². The highest BCUT2D eigenvalue weighted by Crippen LogP contribution is 2.19. The van der Waals surface area contributed by atoms with Crippen molar-refractivity contribution in [1.29, 1.82) is 0 Å². The van der Waals surface area contributed by atoms with Crippen LogP contribution in [0, 0.1) is 11.6 Å². The van der Waals surface area contributed by atoms with E-state index in [2.05, 4.69) is 10.3 Å². The molecule has 0 aliphatic carbocycles. The number of esters is 1. The molecule has 138 valence electrons. The van der Waals surface area contributed by atoms with Crippen molar-refractivity contribution in [3.05, 3.63) is 71.2 Å². The Hall–Kier alpha value is -3.26. The fourth-order valence-electron chi connectivity index (χ4n) is 2.24. The molecule has 0 saturated heterocycles. The average molecular weight is 392 g/mol. The first-order valence-electron chi connectivity index (χ1n) is 7.66. The van der Waals surface area contributed by atoms with Crippen molar-refractivity contribution < 1.29 is 23.1 Å². The molecular weight excluding hydrogens is 380 g/mol. The third-order valence-electron chi connectivity index (χ3n) is 3.45. The van der Waals surface area contributed by atoms with Crippen molar-refractivity contribution in [2.24, 2.45) is 0 Å². The van der Waals surface area contributed by atoms with Gasteiger partial charge in [-0.2, -0.15) is 0 Å². The Kier molecular flexibility index (Phi) is 5.46. The summed E-state index contributed by atoms with van der Waals surface area (Å²) in [6.45, 7) is -0.594. The number of benzene rings is 1. The average Bonchev–Trinajstić information content (AvgIpc) is 2.96. The van der Waals surface area contributed by atoms with Crippen LogP contribution in [0.15, 0.2) is 48.7 Å². The van der Waals surface area contributed by atoms with Gasteiger partial charge in [-0.3, -0.25) is 9.20 Å². The van der Waals surface area contributed by atoms with Crippen molar-refractivity contribution in [1.82, 2.24) is 9.38 Å². The van der Waals surface area contributed by atoms with Gasteiger partial charge in [0.25, 0.3) is 5.91 Å². The van der Waals surface area contributed by atoms with Crippen LogP contribution in [0.2, 0.25) is 5.15 Å². The maximum absolute atomic E-state index is 13.1. The minimum atomic E-state index is -1.10. The normalized spacial score (nSPS) is 11.1. The second kappa shape index (κ2) is 7.96. The van der Waals surface area contributed by atoms with Crippen LogP contribution in [-0.4, -0.2) is 27.9 Å². The lowest BCUT2D eigenvalue weighted by Crippen LogP contribution is -2.20. The van der Waals surface area contributed by atoms with Gasteiger partial charge in [0, 0.05) is 24.0 Å². The van der Waals surface area contributed by atoms with Crippen LogP contribution in [0.5, 0.6) is 0 Å². The van der Waals surface area contributed by atoms with Gasteiger partial charge in [0.05, 0.1) is 5.69 Å². The lowest BCUT2D eigenvalue weighted by atomic mass is 10.3. The molecule has 0 bridgehead atoms. The summed E-state index contributed by atoms with van der Waals surface area (Å²) in [5, 5.41) is 2.50. The minimum absolute atomic E-state index is 0.0444. The van der Waals surface area contributed by atoms with Gasteiger partial charge in [-0.25, -0.2) is 18.6 Å². The first-order valence-corrected chi connectivity index (χ1v) is 8.04. The van der Waals surface area contributed by atoms with Crippen LogP contribution in [0.3, 0.4) is 0 Å². The van der Waals surface area contributed by atoms with Crippen molar-refractivity contribution in [3.63, 3.8) is 0 Å². The minimum Gasteiger partial charge on any atom is -0.452 e. The van der Waals surface area contributed by atoms with Crippen LogP contribution in [0.1, 0.15) is 5.69 Å². The Morgan fingerprint density at radius 3 is 2.81 bits per heavy atom. The molecular formula is C18H12ClF2N3O3. The molecule has 1 N–H and O–H groups in total. The molecule has 0 radical (unpaired) electrons. The Morgan fingerprint density at radius 1 is 1.22 bits per heavy atom. The molecule has 0 fully saturated rings. The molecule has 3 rings (SSSR count). The molecule has 1 amide bonds. The van der Waals surface area contributed by atoms with Crippen LogP contribution in [-0.2, 0) is 14.3 Å². The van der Waals surface area contributed by atoms with E-state index in [0.717, 1.165) is 18.2 Å². The van der Waals surface area contributed by atoms with Gasteiger partial charge >= 0.3 is 5.97 Å². The van der Waals surface area contributed by atoms with Gasteiger partial charge in [0.2, 0.25) is 0 Å². The summed E-state index contributed by atoms with van der Waals surface area (Å²) in [6.07, 6.45) is 4.25. The van der Waals surface area contributed by atoms with E-state index in [1.807, 2.05) is 0 Å². The van der Waals surface area contributed by atoms with Gasteiger partial charge in [0.15, 0.2) is 23.4 Å². The highest BCUT2D eigenvalue weighted by atomic mass is 35.5. The molecule has 0 saturated carbocycles. The van der Waals surface area contributed by atoms with Crippen molar-refractivity contribution >= 4 is 40.9 Å². The Morgan fingerprint density at radius 2 is 2.04 bits per heavy atom. The second-order valence-electron chi connectivity index (χ2n) is 5.33. The molecule has 0 aliphatic rings. The molecule has 2 aromatic heterocycles. The molecule has 27 heavy (non-hydrogen) atoms. The maximum atomic E-state index is 13.1. The van der Waals surface area contributed by atoms with Crippen LogP contribution >= 0.6 is 11.6 Å². The van der Waals surface area contributed by atoms with E-state index < -0.39 is 30.1 Å². The second-order valence-corrected chi connectivity index (χ2v) is 5.69. The van der Waals surface area contributed by atoms with Gasteiger partial charge in [-0.05, 0) is 30.3 Å². The summed E-state index contributed by atoms with van der Waals surface area (Å²) in [5.74, 6) is -3.61. The van der Waals surface area contributed by atoms with Crippen molar-refractivity contribution in [2.75, 3.05) is 11.9 Å². The Bertz CT molecular complexity index is 1050. The third kappa shape index (κ3) is 4.48. The zero-order valence-corrected chi connectivity index (χ0v) is 14.4. The summed E-state index contributed by atoms with van der Waals surface area (Å²) < 4.78 is 32.4. The fourth-order valence-corrected chi connectivity index (χ4v) is 2.48. The predicted octanol–water partition coefficient (Wildman–Crippen LogP) is 3.46. The molecule has 0 atom stereocenters. The molecule has 3 aromatic rings. The van der Waals surface area contributed by atoms with Gasteiger partial charge < -0.3 is 10.1 Å². The van der Waals surface area contributed by atoms with E-state index in [4.69, 9.17) is 16.3 Å². The highest BCUT2D eigenvalue weighted by Gasteiger charge is 2.10. The number of halogens is 3. The number of pyridine rings is 1. The molecule has 9 heteroatoms. The number of nitrogens with zero attached hydrogens (tertiary/aromatic N) is 2. The molecule has 6 nitrogen and oxygen atoms in total. The largest absolute Gasteiger partial charge is 0.452 e. The van der Waals surface area contributed by atoms with Gasteiger partial charge in [0.1, 0.15) is 5.65 Å². The fraction of sp³-hybridized carbons (Fsp3) is 0.0556. The predicted molar refractivity (Wildman–Crippen MR) is 95.2 cm³/mol. The number of ether oxygens (including phenoxy) is 1. The zero-order chi connectivity index (χ0) is 19.4. The van der Waals surface area contributed by atoms with E-state index in [0.29, 0.717) is 11.3 Å². The van der Waals surface area contributed by atoms with Crippen LogP contribution < -0.4 is 5.32 Å². The molecule has 0 spiro atoms. The SMILES string of the molecule is O=C(COC(=O)/C=C/c1c(Cl)nc2ccccn12)Nc1ccc(F)c(F)c1. The maximum Gasteiger partial charge on any atom is 0.331 e. The quantitative estimate of drug-likeness (QED) is 0.534. The molecule has 1 aromatic carbocycles. The number of carbonyl (C=O) groups excluding carboxylic acids is 2. The first-order chi connectivity index (χ1) is 12.9. The summed E-state index contributed by atoms with van der Waals surface area (Å²) in [4.78, 5) is 27.6. The summed E-state index contributed by atoms with van der Waals surface area (Å²) in [6, 6.07) is 8.21. The number of fused-ring (bicyclic) bond motifs is 1. The standard InChI is InChI=1S/C18H12ClF2N3O3/c19-18-14(24-8-2-1-3-15(24)23-18)6-7-17(26)27-10-16(25)22-11-4-5-12(20)13(21)9-11/h1-9H,10H2,(H,22,25)/b7-6+. The molecule has 2 heterocycles. The van der Waals surface area contributed by atoms with Crippen LogP contribution in [0.25, 0.3) is 11.7 Å². The summed E-state index contributed by atoms with van der Waals surface area (Å²) >= 11 is 6.04. The number of nitrogens with one attached hydrogen (secondary N) is 1. The van der Waals surface area contributed by atoms with E-state index in [9.17, 15) is 18.4 Å². The number of carbonyl (C=O) groups is 2. The lowest BCUT2D eigenvalue weighted by Gasteiger charge is -2.05. The Labute approximate surface area is 157 Å². The highest BCUT2D eigenvalue weighted by molar-refractivity contribution is 6.31. The van der Waals surface area contributed by atoms with Crippen molar-refractivity contribution in [3.8, 4) is 0 Å². The number of amides is 1. The summed E-state index contributed by atoms with van der Waals surface area (Å²) in [7, 11) is 0.